The van der Waals surface area contributed by atoms with Crippen molar-refractivity contribution in [1.29, 1.82) is 0 Å². The van der Waals surface area contributed by atoms with Gasteiger partial charge >= 0.3 is 0 Å². The Labute approximate surface area is 202 Å². The van der Waals surface area contributed by atoms with Crippen LogP contribution in [0.15, 0.2) is 66.3 Å². The fraction of sp³-hybridized carbons (Fsp3) is 0.240. The number of thioether (sulfide) groups is 1. The fourth-order valence-corrected chi connectivity index (χ4v) is 4.12. The molecule has 0 N–H and O–H groups in total. The van der Waals surface area contributed by atoms with E-state index in [4.69, 9.17) is 19.8 Å². The van der Waals surface area contributed by atoms with Crippen molar-refractivity contribution in [3.8, 4) is 28.3 Å². The van der Waals surface area contributed by atoms with Gasteiger partial charge in [0.1, 0.15) is 11.4 Å². The summed E-state index contributed by atoms with van der Waals surface area (Å²) < 4.78 is 9.12. The molecular formula is C25H25N7OS. The summed E-state index contributed by atoms with van der Waals surface area (Å²) in [6.45, 7) is 4.85. The maximum absolute atomic E-state index is 5.25. The van der Waals surface area contributed by atoms with Gasteiger partial charge in [-0.1, -0.05) is 23.9 Å². The lowest BCUT2D eigenvalue weighted by molar-refractivity contribution is 0.414. The van der Waals surface area contributed by atoms with E-state index in [1.54, 1.807) is 13.3 Å². The topological polar surface area (TPSA) is 83.5 Å². The normalized spacial score (nSPS) is 11.4. The van der Waals surface area contributed by atoms with Gasteiger partial charge in [-0.15, -0.1) is 0 Å². The molecule has 0 saturated heterocycles. The molecule has 0 fully saturated rings. The zero-order chi connectivity index (χ0) is 23.7. The Hall–Kier alpha value is -3.72. The van der Waals surface area contributed by atoms with E-state index >= 15 is 0 Å². The van der Waals surface area contributed by atoms with Gasteiger partial charge in [0.15, 0.2) is 10.8 Å². The lowest BCUT2D eigenvalue weighted by Crippen LogP contribution is -2.02. The first-order valence-corrected chi connectivity index (χ1v) is 12.2. The lowest BCUT2D eigenvalue weighted by atomic mass is 10.1. The summed E-state index contributed by atoms with van der Waals surface area (Å²) in [7, 11) is 1.67. The first-order chi connectivity index (χ1) is 16.6. The molecule has 0 aliphatic carbocycles. The summed E-state index contributed by atoms with van der Waals surface area (Å²) in [5.74, 6) is 0.835. The van der Waals surface area contributed by atoms with Gasteiger partial charge in [0.05, 0.1) is 25.5 Å². The Morgan fingerprint density at radius 2 is 1.88 bits per heavy atom. The smallest absolute Gasteiger partial charge is 0.187 e. The van der Waals surface area contributed by atoms with Crippen molar-refractivity contribution in [1.82, 2.24) is 34.5 Å². The monoisotopic (exact) mass is 471 g/mol. The molecule has 5 rings (SSSR count). The van der Waals surface area contributed by atoms with Gasteiger partial charge < -0.3 is 4.74 Å². The number of aromatic nitrogens is 7. The van der Waals surface area contributed by atoms with Crippen LogP contribution in [-0.4, -0.2) is 47.9 Å². The molecule has 0 aliphatic rings. The van der Waals surface area contributed by atoms with E-state index in [2.05, 4.69) is 30.0 Å². The molecule has 0 bridgehead atoms. The quantitative estimate of drug-likeness (QED) is 0.241. The summed E-state index contributed by atoms with van der Waals surface area (Å²) in [6, 6.07) is 12.2. The zero-order valence-electron chi connectivity index (χ0n) is 19.5. The van der Waals surface area contributed by atoms with E-state index in [1.165, 1.54) is 11.8 Å². The summed E-state index contributed by atoms with van der Waals surface area (Å²) in [4.78, 5) is 13.8. The highest BCUT2D eigenvalue weighted by Crippen LogP contribution is 2.32. The van der Waals surface area contributed by atoms with Crippen LogP contribution in [0.1, 0.15) is 25.5 Å². The van der Waals surface area contributed by atoms with Gasteiger partial charge in [0.2, 0.25) is 0 Å². The minimum Gasteiger partial charge on any atom is -0.497 e. The molecule has 172 valence electrons. The van der Waals surface area contributed by atoms with Crippen LogP contribution >= 0.6 is 11.8 Å². The minimum absolute atomic E-state index is 0.221. The standard InChI is InChI=1S/C25H25N7OS/c1-16(2)31-15-21(22-9-10-26-25(29-22)34-4)23(30-31)18-11-19-13-28-32(24(19)27-12-18)14-17-5-7-20(33-3)8-6-17/h5-13,15-16H,14H2,1-4H3. The second kappa shape index (κ2) is 9.26. The molecule has 0 amide bonds. The number of fused-ring (bicyclic) bond motifs is 1. The van der Waals surface area contributed by atoms with Gasteiger partial charge in [0.25, 0.3) is 0 Å². The molecule has 4 aromatic heterocycles. The van der Waals surface area contributed by atoms with E-state index in [1.807, 2.05) is 64.5 Å². The number of pyridine rings is 1. The van der Waals surface area contributed by atoms with Crippen LogP contribution in [-0.2, 0) is 6.54 Å². The van der Waals surface area contributed by atoms with Crippen molar-refractivity contribution >= 4 is 22.8 Å². The van der Waals surface area contributed by atoms with Gasteiger partial charge in [-0.25, -0.2) is 19.6 Å². The second-order valence-electron chi connectivity index (χ2n) is 8.18. The third-order valence-corrected chi connectivity index (χ3v) is 6.16. The molecule has 1 aromatic carbocycles. The average molecular weight is 472 g/mol. The first kappa shape index (κ1) is 22.1. The molecule has 0 saturated carbocycles. The van der Waals surface area contributed by atoms with Crippen molar-refractivity contribution in [2.24, 2.45) is 0 Å². The molecule has 5 aromatic rings. The average Bonchev–Trinajstić information content (AvgIpc) is 3.49. The number of methoxy groups -OCH3 is 1. The first-order valence-electron chi connectivity index (χ1n) is 11.0. The Bertz CT molecular complexity index is 1440. The second-order valence-corrected chi connectivity index (χ2v) is 8.95. The van der Waals surface area contributed by atoms with Crippen molar-refractivity contribution in [2.75, 3.05) is 13.4 Å². The van der Waals surface area contributed by atoms with E-state index < -0.39 is 0 Å². The number of nitrogens with zero attached hydrogens (tertiary/aromatic N) is 7. The van der Waals surface area contributed by atoms with Gasteiger partial charge in [-0.2, -0.15) is 10.2 Å². The van der Waals surface area contributed by atoms with Gasteiger partial charge in [-0.3, -0.25) is 4.68 Å². The largest absolute Gasteiger partial charge is 0.497 e. The van der Waals surface area contributed by atoms with Crippen molar-refractivity contribution < 1.29 is 4.74 Å². The molecule has 9 heteroatoms. The summed E-state index contributed by atoms with van der Waals surface area (Å²) in [5.41, 5.74) is 5.53. The fourth-order valence-electron chi connectivity index (χ4n) is 3.77. The molecular weight excluding hydrogens is 446 g/mol. The van der Waals surface area contributed by atoms with Crippen LogP contribution < -0.4 is 4.74 Å². The highest BCUT2D eigenvalue weighted by atomic mass is 32.2. The number of ether oxygens (including phenoxy) is 1. The minimum atomic E-state index is 0.221. The van der Waals surface area contributed by atoms with Crippen LogP contribution in [0.5, 0.6) is 5.75 Å². The molecule has 0 atom stereocenters. The van der Waals surface area contributed by atoms with Crippen LogP contribution in [0, 0.1) is 0 Å². The summed E-state index contributed by atoms with van der Waals surface area (Å²) in [6.07, 6.45) is 9.52. The van der Waals surface area contributed by atoms with Crippen LogP contribution in [0.2, 0.25) is 0 Å². The van der Waals surface area contributed by atoms with E-state index in [0.717, 1.165) is 50.0 Å². The Morgan fingerprint density at radius 1 is 1.06 bits per heavy atom. The van der Waals surface area contributed by atoms with Gasteiger partial charge in [0, 0.05) is 41.1 Å². The Morgan fingerprint density at radius 3 is 2.62 bits per heavy atom. The predicted octanol–water partition coefficient (Wildman–Crippen LogP) is 5.11. The van der Waals surface area contributed by atoms with Crippen LogP contribution in [0.3, 0.4) is 0 Å². The number of hydrogen-bond donors (Lipinski definition) is 0. The maximum atomic E-state index is 5.25. The number of benzene rings is 1. The zero-order valence-corrected chi connectivity index (χ0v) is 20.3. The van der Waals surface area contributed by atoms with Crippen LogP contribution in [0.4, 0.5) is 0 Å². The van der Waals surface area contributed by atoms with Crippen molar-refractivity contribution in [3.05, 3.63) is 66.7 Å². The molecule has 4 heterocycles. The number of rotatable bonds is 7. The Balaban J connectivity index is 1.53. The van der Waals surface area contributed by atoms with Crippen molar-refractivity contribution in [2.45, 2.75) is 31.6 Å². The molecule has 0 radical (unpaired) electrons. The maximum Gasteiger partial charge on any atom is 0.187 e. The summed E-state index contributed by atoms with van der Waals surface area (Å²) in [5, 5.41) is 11.2. The van der Waals surface area contributed by atoms with Crippen molar-refractivity contribution in [3.63, 3.8) is 0 Å². The number of hydrogen-bond acceptors (Lipinski definition) is 7. The third kappa shape index (κ3) is 4.26. The Kier molecular flexibility index (Phi) is 6.02. The van der Waals surface area contributed by atoms with Crippen LogP contribution in [0.25, 0.3) is 33.5 Å². The van der Waals surface area contributed by atoms with E-state index in [0.29, 0.717) is 6.54 Å². The van der Waals surface area contributed by atoms with Gasteiger partial charge in [-0.05, 0) is 49.9 Å². The molecule has 0 spiro atoms. The predicted molar refractivity (Wildman–Crippen MR) is 134 cm³/mol. The molecule has 0 aliphatic heterocycles. The highest BCUT2D eigenvalue weighted by Gasteiger charge is 2.18. The third-order valence-electron chi connectivity index (χ3n) is 5.59. The molecule has 34 heavy (non-hydrogen) atoms. The lowest BCUT2D eigenvalue weighted by Gasteiger charge is -2.06. The SMILES string of the molecule is COc1ccc(Cn2ncc3cc(-c4nn(C(C)C)cc4-c4ccnc(SC)n4)cnc32)cc1. The molecule has 8 nitrogen and oxygen atoms in total. The van der Waals surface area contributed by atoms with E-state index in [9.17, 15) is 0 Å². The van der Waals surface area contributed by atoms with E-state index in [-0.39, 0.29) is 6.04 Å². The molecule has 0 unspecified atom stereocenters. The highest BCUT2D eigenvalue weighted by molar-refractivity contribution is 7.98. The summed E-state index contributed by atoms with van der Waals surface area (Å²) >= 11 is 1.52.